The molecule has 1 unspecified atom stereocenters. The fourth-order valence-corrected chi connectivity index (χ4v) is 3.75. The van der Waals surface area contributed by atoms with Gasteiger partial charge in [0.25, 0.3) is 0 Å². The molecule has 2 aromatic rings. The van der Waals surface area contributed by atoms with Crippen LogP contribution in [-0.2, 0) is 11.2 Å². The lowest BCUT2D eigenvalue weighted by atomic mass is 10.0. The van der Waals surface area contributed by atoms with Crippen LogP contribution in [0.5, 0.6) is 5.75 Å². The molecular weight excluding hydrogens is 322 g/mol. The summed E-state index contributed by atoms with van der Waals surface area (Å²) >= 11 is 1.59. The van der Waals surface area contributed by atoms with Gasteiger partial charge in [-0.3, -0.25) is 9.69 Å². The number of piperazine rings is 1. The van der Waals surface area contributed by atoms with Crippen LogP contribution < -0.4 is 4.74 Å². The first kappa shape index (κ1) is 16.9. The van der Waals surface area contributed by atoms with Crippen LogP contribution in [0.2, 0.25) is 0 Å². The van der Waals surface area contributed by atoms with E-state index in [1.54, 1.807) is 18.4 Å². The van der Waals surface area contributed by atoms with Gasteiger partial charge in [0.05, 0.1) is 30.3 Å². The number of rotatable bonds is 4. The Morgan fingerprint density at radius 1 is 1.38 bits per heavy atom. The summed E-state index contributed by atoms with van der Waals surface area (Å²) in [5, 5.41) is 2.98. The van der Waals surface area contributed by atoms with Crippen molar-refractivity contribution in [2.24, 2.45) is 0 Å². The van der Waals surface area contributed by atoms with Crippen molar-refractivity contribution >= 4 is 17.2 Å². The number of benzene rings is 1. The number of para-hydroxylation sites is 1. The number of aryl methyl sites for hydroxylation is 1. The number of methoxy groups -OCH3 is 1. The zero-order valence-corrected chi connectivity index (χ0v) is 15.2. The average Bonchev–Trinajstić information content (AvgIpc) is 3.00. The van der Waals surface area contributed by atoms with E-state index in [1.165, 1.54) is 0 Å². The molecule has 24 heavy (non-hydrogen) atoms. The number of amides is 1. The van der Waals surface area contributed by atoms with Crippen molar-refractivity contribution in [1.82, 2.24) is 14.8 Å². The van der Waals surface area contributed by atoms with Crippen molar-refractivity contribution < 1.29 is 9.53 Å². The van der Waals surface area contributed by atoms with E-state index in [0.29, 0.717) is 13.0 Å². The van der Waals surface area contributed by atoms with Gasteiger partial charge in [0, 0.05) is 30.6 Å². The normalized spacial score (nSPS) is 18.6. The van der Waals surface area contributed by atoms with Gasteiger partial charge in [0.1, 0.15) is 5.75 Å². The van der Waals surface area contributed by atoms with Gasteiger partial charge in [-0.25, -0.2) is 4.98 Å². The van der Waals surface area contributed by atoms with Gasteiger partial charge in [0.15, 0.2) is 0 Å². The van der Waals surface area contributed by atoms with Gasteiger partial charge in [0.2, 0.25) is 5.91 Å². The van der Waals surface area contributed by atoms with Gasteiger partial charge in [-0.2, -0.15) is 0 Å². The Morgan fingerprint density at radius 2 is 2.17 bits per heavy atom. The Hall–Kier alpha value is -1.92. The minimum Gasteiger partial charge on any atom is -0.496 e. The van der Waals surface area contributed by atoms with Crippen molar-refractivity contribution in [3.05, 3.63) is 45.9 Å². The van der Waals surface area contributed by atoms with Gasteiger partial charge in [-0.1, -0.05) is 18.2 Å². The number of carbonyl (C=O) groups excluding carboxylic acids is 1. The fraction of sp³-hybridized carbons (Fsp3) is 0.444. The van der Waals surface area contributed by atoms with Crippen molar-refractivity contribution in [1.29, 1.82) is 0 Å². The quantitative estimate of drug-likeness (QED) is 0.854. The van der Waals surface area contributed by atoms with E-state index in [1.807, 2.05) is 35.4 Å². The van der Waals surface area contributed by atoms with Crippen molar-refractivity contribution in [2.75, 3.05) is 33.8 Å². The first-order valence-electron chi connectivity index (χ1n) is 8.10. The Bertz CT molecular complexity index is 716. The van der Waals surface area contributed by atoms with E-state index in [2.05, 4.69) is 23.0 Å². The average molecular weight is 345 g/mol. The summed E-state index contributed by atoms with van der Waals surface area (Å²) in [6.07, 6.45) is 0.382. The molecule has 2 heterocycles. The minimum absolute atomic E-state index is 0.147. The number of thiazole rings is 1. The highest BCUT2D eigenvalue weighted by Crippen LogP contribution is 2.31. The number of carbonyl (C=O) groups is 1. The van der Waals surface area contributed by atoms with Crippen LogP contribution in [0.1, 0.15) is 22.3 Å². The zero-order valence-electron chi connectivity index (χ0n) is 14.4. The molecular formula is C18H23N3O2S. The lowest BCUT2D eigenvalue weighted by Gasteiger charge is -2.40. The van der Waals surface area contributed by atoms with Crippen LogP contribution in [0, 0.1) is 6.92 Å². The van der Waals surface area contributed by atoms with E-state index >= 15 is 0 Å². The highest BCUT2D eigenvalue weighted by atomic mass is 32.1. The molecule has 1 amide bonds. The molecule has 0 bridgehead atoms. The number of hydrogen-bond donors (Lipinski definition) is 0. The van der Waals surface area contributed by atoms with Gasteiger partial charge < -0.3 is 9.64 Å². The van der Waals surface area contributed by atoms with Crippen LogP contribution in [-0.4, -0.2) is 54.5 Å². The Labute approximate surface area is 146 Å². The van der Waals surface area contributed by atoms with Crippen molar-refractivity contribution in [3.63, 3.8) is 0 Å². The highest BCUT2D eigenvalue weighted by Gasteiger charge is 2.30. The molecule has 5 nitrogen and oxygen atoms in total. The lowest BCUT2D eigenvalue weighted by molar-refractivity contribution is -0.133. The second kappa shape index (κ2) is 7.32. The smallest absolute Gasteiger partial charge is 0.228 e. The van der Waals surface area contributed by atoms with Crippen molar-refractivity contribution in [2.45, 2.75) is 19.4 Å². The summed E-state index contributed by atoms with van der Waals surface area (Å²) < 4.78 is 5.50. The highest BCUT2D eigenvalue weighted by molar-refractivity contribution is 7.09. The van der Waals surface area contributed by atoms with Crippen LogP contribution in [0.4, 0.5) is 0 Å². The number of nitrogens with zero attached hydrogens (tertiary/aromatic N) is 3. The third kappa shape index (κ3) is 3.60. The van der Waals surface area contributed by atoms with E-state index in [4.69, 9.17) is 4.74 Å². The molecule has 6 heteroatoms. The minimum atomic E-state index is 0.147. The summed E-state index contributed by atoms with van der Waals surface area (Å²) in [7, 11) is 3.79. The van der Waals surface area contributed by atoms with E-state index in [0.717, 1.165) is 35.1 Å². The predicted octanol–water partition coefficient (Wildman–Crippen LogP) is 2.52. The van der Waals surface area contributed by atoms with Crippen LogP contribution in [0.25, 0.3) is 0 Å². The monoisotopic (exact) mass is 345 g/mol. The molecule has 0 aliphatic carbocycles. The van der Waals surface area contributed by atoms with Crippen molar-refractivity contribution in [3.8, 4) is 5.75 Å². The van der Waals surface area contributed by atoms with E-state index < -0.39 is 0 Å². The standard InChI is InChI=1S/C18H23N3O2S/c1-13-19-14(12-24-13)10-18(22)21-9-8-20(2)16(11-21)15-6-4-5-7-17(15)23-3/h4-7,12,16H,8-11H2,1-3H3. The molecule has 1 aromatic heterocycles. The van der Waals surface area contributed by atoms with Crippen LogP contribution in [0.3, 0.4) is 0 Å². The maximum absolute atomic E-state index is 12.7. The van der Waals surface area contributed by atoms with Gasteiger partial charge >= 0.3 is 0 Å². The largest absolute Gasteiger partial charge is 0.496 e. The topological polar surface area (TPSA) is 45.7 Å². The summed E-state index contributed by atoms with van der Waals surface area (Å²) in [6.45, 7) is 4.25. The first-order valence-corrected chi connectivity index (χ1v) is 8.98. The van der Waals surface area contributed by atoms with Gasteiger partial charge in [-0.05, 0) is 20.0 Å². The summed E-state index contributed by atoms with van der Waals surface area (Å²) in [4.78, 5) is 21.3. The van der Waals surface area contributed by atoms with Crippen LogP contribution in [0.15, 0.2) is 29.6 Å². The number of ether oxygens (including phenoxy) is 1. The van der Waals surface area contributed by atoms with Crippen LogP contribution >= 0.6 is 11.3 Å². The van der Waals surface area contributed by atoms with Gasteiger partial charge in [-0.15, -0.1) is 11.3 Å². The maximum Gasteiger partial charge on any atom is 0.228 e. The SMILES string of the molecule is COc1ccccc1C1CN(C(=O)Cc2csc(C)n2)CCN1C. The Morgan fingerprint density at radius 3 is 2.88 bits per heavy atom. The van der Waals surface area contributed by atoms with E-state index in [-0.39, 0.29) is 11.9 Å². The predicted molar refractivity (Wildman–Crippen MR) is 95.5 cm³/mol. The molecule has 1 aliphatic heterocycles. The molecule has 1 aliphatic rings. The molecule has 1 atom stereocenters. The molecule has 3 rings (SSSR count). The molecule has 128 valence electrons. The second-order valence-electron chi connectivity index (χ2n) is 6.11. The molecule has 1 fully saturated rings. The fourth-order valence-electron chi connectivity index (χ4n) is 3.13. The van der Waals surface area contributed by atoms with E-state index in [9.17, 15) is 4.79 Å². The summed E-state index contributed by atoms with van der Waals surface area (Å²) in [5.74, 6) is 1.02. The molecule has 0 spiro atoms. The zero-order chi connectivity index (χ0) is 17.1. The number of hydrogen-bond acceptors (Lipinski definition) is 5. The summed E-state index contributed by atoms with van der Waals surface area (Å²) in [6, 6.07) is 8.19. The number of aromatic nitrogens is 1. The third-order valence-electron chi connectivity index (χ3n) is 4.50. The lowest BCUT2D eigenvalue weighted by Crippen LogP contribution is -2.49. The molecule has 1 saturated heterocycles. The molecule has 0 N–H and O–H groups in total. The Kier molecular flexibility index (Phi) is 5.16. The molecule has 0 radical (unpaired) electrons. The number of likely N-dealkylation sites (N-methyl/N-ethyl adjacent to an activating group) is 1. The maximum atomic E-state index is 12.7. The second-order valence-corrected chi connectivity index (χ2v) is 7.17. The first-order chi connectivity index (χ1) is 11.6. The third-order valence-corrected chi connectivity index (χ3v) is 5.32. The molecule has 0 saturated carbocycles. The molecule has 1 aromatic carbocycles. The Balaban J connectivity index is 1.74. The summed E-state index contributed by atoms with van der Waals surface area (Å²) in [5.41, 5.74) is 2.00.